The van der Waals surface area contributed by atoms with Gasteiger partial charge in [0, 0.05) is 6.54 Å². The van der Waals surface area contributed by atoms with Crippen LogP contribution in [0.15, 0.2) is 84.9 Å². The summed E-state index contributed by atoms with van der Waals surface area (Å²) >= 11 is 0. The van der Waals surface area contributed by atoms with Gasteiger partial charge in [-0.3, -0.25) is 4.18 Å². The fourth-order valence-electron chi connectivity index (χ4n) is 3.66. The normalized spacial score (nSPS) is 13.5. The Hall–Kier alpha value is -2.93. The summed E-state index contributed by atoms with van der Waals surface area (Å²) in [5.41, 5.74) is 4.54. The quantitative estimate of drug-likeness (QED) is 0.313. The highest BCUT2D eigenvalue weighted by Crippen LogP contribution is 2.36. The van der Waals surface area contributed by atoms with Gasteiger partial charge in [-0.25, -0.2) is 0 Å². The Kier molecular flexibility index (Phi) is 8.44. The van der Waals surface area contributed by atoms with Gasteiger partial charge in [-0.05, 0) is 61.0 Å². The molecule has 0 radical (unpaired) electrons. The monoisotopic (exact) mass is 465 g/mol. The Labute approximate surface area is 197 Å². The van der Waals surface area contributed by atoms with Crippen molar-refractivity contribution in [1.29, 1.82) is 0 Å². The summed E-state index contributed by atoms with van der Waals surface area (Å²) in [5, 5.41) is 0. The van der Waals surface area contributed by atoms with Gasteiger partial charge in [-0.2, -0.15) is 8.42 Å². The molecular formula is C27H31NO4S. The van der Waals surface area contributed by atoms with Crippen molar-refractivity contribution in [1.82, 2.24) is 4.90 Å². The van der Waals surface area contributed by atoms with E-state index in [2.05, 4.69) is 4.90 Å². The van der Waals surface area contributed by atoms with Gasteiger partial charge in [0.05, 0.1) is 6.26 Å². The standard InChI is InChI=1S/C27H31NO4S/c1-21(32-33(4,29)30)26(22-11-7-5-8-12-22)27(23-13-9-6-10-14-23)24-15-17-25(18-16-24)31-20-19-28(2)3/h5-18,21H,19-20H2,1-4H3/b27-26-. The van der Waals surface area contributed by atoms with E-state index in [0.29, 0.717) is 6.61 Å². The van der Waals surface area contributed by atoms with Crippen LogP contribution in [0.2, 0.25) is 0 Å². The zero-order chi connectivity index (χ0) is 23.8. The van der Waals surface area contributed by atoms with E-state index in [1.165, 1.54) is 0 Å². The maximum Gasteiger partial charge on any atom is 0.264 e. The highest BCUT2D eigenvalue weighted by Gasteiger charge is 2.23. The lowest BCUT2D eigenvalue weighted by molar-refractivity contribution is 0.261. The van der Waals surface area contributed by atoms with E-state index in [9.17, 15) is 8.42 Å². The van der Waals surface area contributed by atoms with Gasteiger partial charge < -0.3 is 9.64 Å². The zero-order valence-electron chi connectivity index (χ0n) is 19.6. The summed E-state index contributed by atoms with van der Waals surface area (Å²) in [7, 11) is 0.360. The summed E-state index contributed by atoms with van der Waals surface area (Å²) in [6, 6.07) is 27.6. The van der Waals surface area contributed by atoms with E-state index in [1.54, 1.807) is 6.92 Å². The minimum Gasteiger partial charge on any atom is -0.492 e. The SMILES string of the molecule is CC(OS(C)(=O)=O)/C(=C(\c1ccccc1)c1ccc(OCCN(C)C)cc1)c1ccccc1. The number of hydrogen-bond donors (Lipinski definition) is 0. The largest absolute Gasteiger partial charge is 0.492 e. The maximum atomic E-state index is 12.0. The van der Waals surface area contributed by atoms with Crippen molar-refractivity contribution in [3.8, 4) is 5.75 Å². The second-order valence-electron chi connectivity index (χ2n) is 8.14. The second kappa shape index (κ2) is 11.3. The van der Waals surface area contributed by atoms with Crippen molar-refractivity contribution in [2.45, 2.75) is 13.0 Å². The Morgan fingerprint density at radius 1 is 0.818 bits per heavy atom. The molecule has 0 fully saturated rings. The Bertz CT molecular complexity index is 1160. The lowest BCUT2D eigenvalue weighted by Crippen LogP contribution is -2.19. The molecule has 3 rings (SSSR count). The van der Waals surface area contributed by atoms with Gasteiger partial charge in [-0.1, -0.05) is 72.8 Å². The van der Waals surface area contributed by atoms with Crippen LogP contribution in [-0.4, -0.2) is 52.9 Å². The van der Waals surface area contributed by atoms with E-state index in [1.807, 2.05) is 99.0 Å². The zero-order valence-corrected chi connectivity index (χ0v) is 20.4. The minimum atomic E-state index is -3.66. The average Bonchev–Trinajstić information content (AvgIpc) is 2.78. The Balaban J connectivity index is 2.14. The Morgan fingerprint density at radius 3 is 1.85 bits per heavy atom. The molecule has 3 aromatic rings. The smallest absolute Gasteiger partial charge is 0.264 e. The van der Waals surface area contributed by atoms with Crippen molar-refractivity contribution in [2.24, 2.45) is 0 Å². The van der Waals surface area contributed by atoms with E-state index in [-0.39, 0.29) is 0 Å². The third-order valence-electron chi connectivity index (χ3n) is 5.09. The number of likely N-dealkylation sites (N-methyl/N-ethyl adjacent to an activating group) is 1. The fourth-order valence-corrected chi connectivity index (χ4v) is 4.28. The van der Waals surface area contributed by atoms with Gasteiger partial charge in [0.15, 0.2) is 0 Å². The second-order valence-corrected chi connectivity index (χ2v) is 9.74. The van der Waals surface area contributed by atoms with Crippen LogP contribution in [0.1, 0.15) is 23.6 Å². The highest BCUT2D eigenvalue weighted by molar-refractivity contribution is 7.86. The molecule has 33 heavy (non-hydrogen) atoms. The molecule has 0 amide bonds. The molecular weight excluding hydrogens is 434 g/mol. The van der Waals surface area contributed by atoms with E-state index < -0.39 is 16.2 Å². The molecule has 0 spiro atoms. The summed E-state index contributed by atoms with van der Waals surface area (Å²) in [6.45, 7) is 3.20. The molecule has 174 valence electrons. The van der Waals surface area contributed by atoms with Crippen LogP contribution in [0.25, 0.3) is 11.1 Å². The first-order valence-corrected chi connectivity index (χ1v) is 12.7. The lowest BCUT2D eigenvalue weighted by Gasteiger charge is -2.22. The van der Waals surface area contributed by atoms with Gasteiger partial charge >= 0.3 is 0 Å². The van der Waals surface area contributed by atoms with Crippen molar-refractivity contribution in [3.05, 3.63) is 102 Å². The van der Waals surface area contributed by atoms with Crippen molar-refractivity contribution >= 4 is 21.3 Å². The number of rotatable bonds is 10. The first kappa shape index (κ1) is 24.7. The first-order chi connectivity index (χ1) is 15.7. The van der Waals surface area contributed by atoms with Crippen molar-refractivity contribution < 1.29 is 17.3 Å². The van der Waals surface area contributed by atoms with Gasteiger partial charge in [0.1, 0.15) is 18.5 Å². The van der Waals surface area contributed by atoms with Gasteiger partial charge in [-0.15, -0.1) is 0 Å². The van der Waals surface area contributed by atoms with Gasteiger partial charge in [0.25, 0.3) is 10.1 Å². The molecule has 0 saturated carbocycles. The van der Waals surface area contributed by atoms with Crippen LogP contribution in [0.5, 0.6) is 5.75 Å². The molecule has 0 saturated heterocycles. The molecule has 6 heteroatoms. The number of ether oxygens (including phenoxy) is 1. The third kappa shape index (κ3) is 7.29. The molecule has 0 aliphatic rings. The van der Waals surface area contributed by atoms with Crippen LogP contribution < -0.4 is 4.74 Å². The Morgan fingerprint density at radius 2 is 1.33 bits per heavy atom. The summed E-state index contributed by atoms with van der Waals surface area (Å²) < 4.78 is 35.3. The van der Waals surface area contributed by atoms with Crippen LogP contribution in [0.4, 0.5) is 0 Å². The molecule has 0 aromatic heterocycles. The molecule has 0 aliphatic carbocycles. The minimum absolute atomic E-state index is 0.599. The highest BCUT2D eigenvalue weighted by atomic mass is 32.2. The molecule has 0 N–H and O–H groups in total. The summed E-state index contributed by atoms with van der Waals surface area (Å²) in [4.78, 5) is 2.07. The van der Waals surface area contributed by atoms with E-state index in [0.717, 1.165) is 46.4 Å². The van der Waals surface area contributed by atoms with Crippen LogP contribution >= 0.6 is 0 Å². The fraction of sp³-hybridized carbons (Fsp3) is 0.259. The molecule has 0 bridgehead atoms. The molecule has 5 nitrogen and oxygen atoms in total. The predicted molar refractivity (Wildman–Crippen MR) is 135 cm³/mol. The summed E-state index contributed by atoms with van der Waals surface area (Å²) in [6.07, 6.45) is 0.391. The molecule has 0 aliphatic heterocycles. The van der Waals surface area contributed by atoms with E-state index in [4.69, 9.17) is 8.92 Å². The van der Waals surface area contributed by atoms with E-state index >= 15 is 0 Å². The van der Waals surface area contributed by atoms with Crippen LogP contribution in [0.3, 0.4) is 0 Å². The maximum absolute atomic E-state index is 12.0. The van der Waals surface area contributed by atoms with Crippen LogP contribution in [0, 0.1) is 0 Å². The molecule has 3 aromatic carbocycles. The first-order valence-electron chi connectivity index (χ1n) is 10.9. The molecule has 1 unspecified atom stereocenters. The third-order valence-corrected chi connectivity index (χ3v) is 5.73. The topological polar surface area (TPSA) is 55.8 Å². The number of hydrogen-bond acceptors (Lipinski definition) is 5. The predicted octanol–water partition coefficient (Wildman–Crippen LogP) is 4.95. The molecule has 1 atom stereocenters. The average molecular weight is 466 g/mol. The molecule has 0 heterocycles. The van der Waals surface area contributed by atoms with Crippen molar-refractivity contribution in [3.63, 3.8) is 0 Å². The van der Waals surface area contributed by atoms with Gasteiger partial charge in [0.2, 0.25) is 0 Å². The van der Waals surface area contributed by atoms with Crippen molar-refractivity contribution in [2.75, 3.05) is 33.5 Å². The van der Waals surface area contributed by atoms with Crippen LogP contribution in [-0.2, 0) is 14.3 Å². The summed E-state index contributed by atoms with van der Waals surface area (Å²) in [5.74, 6) is 0.787. The number of benzene rings is 3. The number of nitrogens with zero attached hydrogens (tertiary/aromatic N) is 1. The lowest BCUT2D eigenvalue weighted by atomic mass is 9.87.